The average molecular weight is 611 g/mol. The van der Waals surface area contributed by atoms with Gasteiger partial charge in [0, 0.05) is 28.8 Å². The molecule has 5 aromatic rings. The number of para-hydroxylation sites is 1. The van der Waals surface area contributed by atoms with Crippen LogP contribution >= 0.6 is 11.6 Å². The zero-order valence-electron chi connectivity index (χ0n) is 23.9. The molecule has 0 saturated carbocycles. The summed E-state index contributed by atoms with van der Waals surface area (Å²) in [5.74, 6) is -0.407. The summed E-state index contributed by atoms with van der Waals surface area (Å²) in [6.07, 6.45) is 0. The molecule has 0 aromatic heterocycles. The monoisotopic (exact) mass is 610 g/mol. The molecule has 0 saturated heterocycles. The van der Waals surface area contributed by atoms with Gasteiger partial charge in [-0.2, -0.15) is 0 Å². The number of carbonyl (C=O) groups is 2. The van der Waals surface area contributed by atoms with Crippen LogP contribution < -0.4 is 24.8 Å². The lowest BCUT2D eigenvalue weighted by atomic mass is 10.0. The third kappa shape index (κ3) is 6.25. The molecule has 44 heavy (non-hydrogen) atoms. The quantitative estimate of drug-likeness (QED) is 0.144. The van der Waals surface area contributed by atoms with Crippen molar-refractivity contribution in [3.63, 3.8) is 0 Å². The number of amides is 2. The van der Waals surface area contributed by atoms with E-state index >= 15 is 0 Å². The van der Waals surface area contributed by atoms with Crippen molar-refractivity contribution in [2.24, 2.45) is 10.2 Å². The first-order valence-electron chi connectivity index (χ1n) is 13.3. The van der Waals surface area contributed by atoms with Crippen LogP contribution in [0, 0.1) is 0 Å². The van der Waals surface area contributed by atoms with Crippen molar-refractivity contribution in [1.29, 1.82) is 0 Å². The Balaban J connectivity index is 1.52. The molecule has 0 radical (unpaired) electrons. The molecule has 11 heteroatoms. The number of phenols is 1. The summed E-state index contributed by atoms with van der Waals surface area (Å²) in [6.45, 7) is 0. The number of hydrogen-bond donors (Lipinski definition) is 3. The molecule has 0 unspecified atom stereocenters. The molecule has 10 nitrogen and oxygen atoms in total. The van der Waals surface area contributed by atoms with Gasteiger partial charge in [0.25, 0.3) is 11.8 Å². The number of azo groups is 1. The summed E-state index contributed by atoms with van der Waals surface area (Å²) in [7, 11) is 4.36. The number of anilines is 2. The summed E-state index contributed by atoms with van der Waals surface area (Å²) >= 11 is 6.20. The zero-order valence-corrected chi connectivity index (χ0v) is 24.7. The number of fused-ring (bicyclic) bond motifs is 1. The minimum Gasteiger partial charge on any atom is -0.505 e. The Morgan fingerprint density at radius 2 is 1.43 bits per heavy atom. The van der Waals surface area contributed by atoms with E-state index in [0.29, 0.717) is 44.3 Å². The number of carbonyl (C=O) groups excluding carboxylic acids is 2. The van der Waals surface area contributed by atoms with Crippen molar-refractivity contribution in [2.45, 2.75) is 0 Å². The van der Waals surface area contributed by atoms with Gasteiger partial charge in [0.2, 0.25) is 0 Å². The zero-order chi connectivity index (χ0) is 31.2. The highest BCUT2D eigenvalue weighted by atomic mass is 35.5. The predicted octanol–water partition coefficient (Wildman–Crippen LogP) is 8.14. The van der Waals surface area contributed by atoms with Gasteiger partial charge in [0.15, 0.2) is 5.75 Å². The van der Waals surface area contributed by atoms with Crippen molar-refractivity contribution >= 4 is 56.9 Å². The lowest BCUT2D eigenvalue weighted by Crippen LogP contribution is -2.13. The number of nitrogens with one attached hydrogen (secondary N) is 2. The highest BCUT2D eigenvalue weighted by molar-refractivity contribution is 6.32. The Labute approximate surface area is 257 Å². The van der Waals surface area contributed by atoms with Crippen LogP contribution in [0.1, 0.15) is 20.7 Å². The van der Waals surface area contributed by atoms with Crippen LogP contribution in [0.2, 0.25) is 5.02 Å². The number of halogens is 1. The van der Waals surface area contributed by atoms with Crippen molar-refractivity contribution in [3.05, 3.63) is 107 Å². The summed E-state index contributed by atoms with van der Waals surface area (Å²) in [6, 6.07) is 25.5. The fourth-order valence-corrected chi connectivity index (χ4v) is 4.71. The number of nitrogens with zero attached hydrogens (tertiary/aromatic N) is 2. The summed E-state index contributed by atoms with van der Waals surface area (Å²) < 4.78 is 16.1. The molecule has 0 aliphatic rings. The number of methoxy groups -OCH3 is 3. The maximum absolute atomic E-state index is 13.5. The number of aromatic hydroxyl groups is 1. The summed E-state index contributed by atoms with van der Waals surface area (Å²) in [5.41, 5.74) is 1.47. The molecule has 0 spiro atoms. The Morgan fingerprint density at radius 3 is 2.16 bits per heavy atom. The molecule has 222 valence electrons. The molecule has 0 heterocycles. The second kappa shape index (κ2) is 13.1. The number of benzene rings is 5. The van der Waals surface area contributed by atoms with Crippen LogP contribution in [0.15, 0.2) is 101 Å². The topological polar surface area (TPSA) is 131 Å². The van der Waals surface area contributed by atoms with Gasteiger partial charge in [-0.05, 0) is 41.8 Å². The van der Waals surface area contributed by atoms with Gasteiger partial charge in [-0.15, -0.1) is 10.2 Å². The maximum Gasteiger partial charge on any atom is 0.259 e. The van der Waals surface area contributed by atoms with Crippen LogP contribution in [-0.4, -0.2) is 38.3 Å². The number of phenolic OH excluding ortho intramolecular Hbond substituents is 1. The van der Waals surface area contributed by atoms with E-state index in [1.54, 1.807) is 54.6 Å². The Morgan fingerprint density at radius 1 is 0.727 bits per heavy atom. The molecule has 0 atom stereocenters. The second-order valence-electron chi connectivity index (χ2n) is 9.39. The first-order chi connectivity index (χ1) is 21.3. The number of ether oxygens (including phenoxy) is 3. The minimum atomic E-state index is -0.635. The molecule has 3 N–H and O–H groups in total. The van der Waals surface area contributed by atoms with Crippen LogP contribution in [0.25, 0.3) is 10.8 Å². The van der Waals surface area contributed by atoms with Gasteiger partial charge in [-0.3, -0.25) is 9.59 Å². The highest BCUT2D eigenvalue weighted by Gasteiger charge is 2.21. The van der Waals surface area contributed by atoms with E-state index in [2.05, 4.69) is 20.9 Å². The molecule has 5 rings (SSSR count). The Hall–Kier alpha value is -5.61. The van der Waals surface area contributed by atoms with Crippen LogP contribution in [0.4, 0.5) is 22.7 Å². The number of rotatable bonds is 9. The number of hydrogen-bond acceptors (Lipinski definition) is 8. The van der Waals surface area contributed by atoms with Crippen LogP contribution in [0.5, 0.6) is 23.0 Å². The Bertz CT molecular complexity index is 1900. The second-order valence-corrected chi connectivity index (χ2v) is 9.80. The molecular weight excluding hydrogens is 584 g/mol. The third-order valence-electron chi connectivity index (χ3n) is 6.69. The van der Waals surface area contributed by atoms with E-state index in [0.717, 1.165) is 0 Å². The van der Waals surface area contributed by atoms with E-state index in [1.807, 2.05) is 18.2 Å². The molecular formula is C33H27ClN4O6. The lowest BCUT2D eigenvalue weighted by molar-refractivity contribution is 0.101. The smallest absolute Gasteiger partial charge is 0.259 e. The van der Waals surface area contributed by atoms with Gasteiger partial charge >= 0.3 is 0 Å². The van der Waals surface area contributed by atoms with Gasteiger partial charge in [-0.25, -0.2) is 0 Å². The van der Waals surface area contributed by atoms with Gasteiger partial charge in [-0.1, -0.05) is 54.1 Å². The third-order valence-corrected chi connectivity index (χ3v) is 6.99. The van der Waals surface area contributed by atoms with Crippen molar-refractivity contribution < 1.29 is 28.9 Å². The van der Waals surface area contributed by atoms with E-state index in [1.165, 1.54) is 39.5 Å². The Kier molecular flexibility index (Phi) is 8.92. The molecule has 0 fully saturated rings. The highest BCUT2D eigenvalue weighted by Crippen LogP contribution is 2.42. The first-order valence-corrected chi connectivity index (χ1v) is 13.6. The summed E-state index contributed by atoms with van der Waals surface area (Å²) in [5, 5.41) is 27.1. The molecule has 0 aliphatic carbocycles. The maximum atomic E-state index is 13.5. The fraction of sp³-hybridized carbons (Fsp3) is 0.0909. The molecule has 0 aliphatic heterocycles. The molecule has 5 aromatic carbocycles. The fourth-order valence-electron chi connectivity index (χ4n) is 4.48. The van der Waals surface area contributed by atoms with Crippen molar-refractivity contribution in [1.82, 2.24) is 0 Å². The van der Waals surface area contributed by atoms with Crippen LogP contribution in [-0.2, 0) is 0 Å². The largest absolute Gasteiger partial charge is 0.505 e. The van der Waals surface area contributed by atoms with Crippen molar-refractivity contribution in [2.75, 3.05) is 32.0 Å². The average Bonchev–Trinajstić information content (AvgIpc) is 3.04. The normalized spacial score (nSPS) is 10.9. The van der Waals surface area contributed by atoms with E-state index in [9.17, 15) is 14.7 Å². The van der Waals surface area contributed by atoms with Gasteiger partial charge in [0.05, 0.1) is 37.6 Å². The van der Waals surface area contributed by atoms with E-state index < -0.39 is 11.7 Å². The van der Waals surface area contributed by atoms with E-state index in [-0.39, 0.29) is 28.5 Å². The SMILES string of the molecule is COc1cc(NC(=O)c2cc3ccccc3c(N=Nc3cc(C(=O)Nc4ccccc4)ccc3OC)c2O)c(OC)cc1Cl. The standard InChI is InChI=1S/C33H27ClN4O6/c1-42-27-14-13-20(32(40)35-21-10-5-4-6-11-21)16-26(27)37-38-30-22-12-8-7-9-19(22)15-23(31(30)39)33(41)36-25-18-28(43-2)24(34)17-29(25)44-3/h4-18,39H,1-3H3,(H,35,40)(H,36,41). The lowest BCUT2D eigenvalue weighted by Gasteiger charge is -2.15. The van der Waals surface area contributed by atoms with E-state index in [4.69, 9.17) is 25.8 Å². The van der Waals surface area contributed by atoms with Crippen molar-refractivity contribution in [3.8, 4) is 23.0 Å². The van der Waals surface area contributed by atoms with Gasteiger partial charge < -0.3 is 30.0 Å². The first kappa shape index (κ1) is 29.9. The minimum absolute atomic E-state index is 0.0510. The predicted molar refractivity (Wildman–Crippen MR) is 170 cm³/mol. The summed E-state index contributed by atoms with van der Waals surface area (Å²) in [4.78, 5) is 26.4. The molecule has 0 bridgehead atoms. The van der Waals surface area contributed by atoms with Gasteiger partial charge in [0.1, 0.15) is 28.6 Å². The van der Waals surface area contributed by atoms with Crippen LogP contribution in [0.3, 0.4) is 0 Å². The molecule has 2 amide bonds.